The second kappa shape index (κ2) is 16.2. The minimum absolute atomic E-state index is 0. The van der Waals surface area contributed by atoms with Crippen LogP contribution in [0.15, 0.2) is 126 Å². The molecule has 0 saturated heterocycles. The summed E-state index contributed by atoms with van der Waals surface area (Å²) in [4.78, 5) is 9.72. The maximum Gasteiger partial charge on any atom is 0.0798 e. The Hall–Kier alpha value is -4.61. The van der Waals surface area contributed by atoms with Crippen LogP contribution in [0.25, 0.3) is 61.1 Å². The van der Waals surface area contributed by atoms with Gasteiger partial charge in [0.1, 0.15) is 0 Å². The maximum atomic E-state index is 5.92. The molecule has 1 radical (unpaired) electrons. The maximum absolute atomic E-state index is 5.92. The quantitative estimate of drug-likeness (QED) is 0.113. The van der Waals surface area contributed by atoms with Gasteiger partial charge in [0.25, 0.3) is 0 Å². The van der Waals surface area contributed by atoms with Crippen LogP contribution in [0.5, 0.6) is 0 Å². The molecule has 8 aromatic rings. The third-order valence-corrected chi connectivity index (χ3v) is 11.5. The number of hydrogen-bond donors (Lipinski definition) is 0. The molecular formula is C47H47IrN3OSi-2. The Morgan fingerprint density at radius 2 is 1.49 bits per heavy atom. The second-order valence-corrected chi connectivity index (χ2v) is 20.7. The van der Waals surface area contributed by atoms with Gasteiger partial charge >= 0.3 is 0 Å². The van der Waals surface area contributed by atoms with Gasteiger partial charge in [-0.1, -0.05) is 136 Å². The summed E-state index contributed by atoms with van der Waals surface area (Å²) in [5.74, 6) is 2.11. The van der Waals surface area contributed by atoms with Crippen molar-refractivity contribution in [2.24, 2.45) is 11.8 Å². The van der Waals surface area contributed by atoms with Gasteiger partial charge in [0.05, 0.1) is 24.9 Å². The Kier molecular flexibility index (Phi) is 11.6. The topological polar surface area (TPSA) is 43.9 Å². The summed E-state index contributed by atoms with van der Waals surface area (Å²) >= 11 is 0. The van der Waals surface area contributed by atoms with E-state index in [1.165, 1.54) is 27.1 Å². The van der Waals surface area contributed by atoms with E-state index in [1.54, 1.807) is 0 Å². The molecule has 271 valence electrons. The van der Waals surface area contributed by atoms with Crippen molar-refractivity contribution in [3.8, 4) is 28.3 Å². The van der Waals surface area contributed by atoms with Crippen molar-refractivity contribution in [2.75, 3.05) is 0 Å². The van der Waals surface area contributed by atoms with Crippen LogP contribution in [0, 0.1) is 24.2 Å². The average molecular weight is 890 g/mol. The Bertz CT molecular complexity index is 2470. The van der Waals surface area contributed by atoms with Crippen molar-refractivity contribution in [1.29, 1.82) is 0 Å². The van der Waals surface area contributed by atoms with E-state index in [9.17, 15) is 0 Å². The predicted octanol–water partition coefficient (Wildman–Crippen LogP) is 11.9. The number of pyridine rings is 1. The van der Waals surface area contributed by atoms with Gasteiger partial charge in [-0.2, -0.15) is 0 Å². The number of hydrogen-bond acceptors (Lipinski definition) is 3. The van der Waals surface area contributed by atoms with Gasteiger partial charge in [-0.25, -0.2) is 0 Å². The zero-order chi connectivity index (χ0) is 36.4. The summed E-state index contributed by atoms with van der Waals surface area (Å²) in [6.07, 6.45) is 7.44. The van der Waals surface area contributed by atoms with E-state index in [2.05, 4.69) is 166 Å². The molecule has 0 aliphatic carbocycles. The van der Waals surface area contributed by atoms with Crippen LogP contribution in [0.2, 0.25) is 19.6 Å². The first-order chi connectivity index (χ1) is 25.1. The first-order valence-corrected chi connectivity index (χ1v) is 21.9. The third kappa shape index (κ3) is 8.31. The molecule has 0 N–H and O–H groups in total. The Labute approximate surface area is 328 Å². The van der Waals surface area contributed by atoms with Crippen molar-refractivity contribution in [2.45, 2.75) is 60.2 Å². The molecular weight excluding hydrogens is 843 g/mol. The fourth-order valence-corrected chi connectivity index (χ4v) is 8.69. The monoisotopic (exact) mass is 890 g/mol. The fourth-order valence-electron chi connectivity index (χ4n) is 7.11. The molecule has 5 aromatic carbocycles. The third-order valence-electron chi connectivity index (χ3n) is 9.43. The molecule has 0 amide bonds. The minimum atomic E-state index is -1.34. The standard InChI is InChI=1S/C29H23N2O.C18H24NSi.Ir/c1-19(2)16-20-14-15-23-24(18-32-28(23)17-20)29-30-25-11-5-6-12-27(25)31(29)26-13-7-9-21-8-3-4-10-22(21)26;1-14(2)11-16-12-17(15-9-7-6-8-10-15)19-13-18(16)20(3,4)5;/h3-15,17,19H,16H2,1-2H3;6-9,12-14H,11H2,1-5H3;/q2*-1;. The Morgan fingerprint density at radius 1 is 0.755 bits per heavy atom. The van der Waals surface area contributed by atoms with Gasteiger partial charge in [-0.3, -0.25) is 4.98 Å². The van der Waals surface area contributed by atoms with Gasteiger partial charge < -0.3 is 14.0 Å². The van der Waals surface area contributed by atoms with E-state index in [0.717, 1.165) is 63.2 Å². The summed E-state index contributed by atoms with van der Waals surface area (Å²) in [5.41, 5.74) is 9.75. The molecule has 0 spiro atoms. The Balaban J connectivity index is 0.000000199. The van der Waals surface area contributed by atoms with Crippen LogP contribution in [-0.4, -0.2) is 22.6 Å². The van der Waals surface area contributed by atoms with Crippen molar-refractivity contribution in [1.82, 2.24) is 14.5 Å². The summed E-state index contributed by atoms with van der Waals surface area (Å²) < 4.78 is 8.16. The van der Waals surface area contributed by atoms with Gasteiger partial charge in [0.2, 0.25) is 0 Å². The molecule has 0 unspecified atom stereocenters. The molecule has 3 aromatic heterocycles. The molecule has 3 heterocycles. The Morgan fingerprint density at radius 3 is 2.25 bits per heavy atom. The minimum Gasteiger partial charge on any atom is -0.557 e. The number of aromatic nitrogens is 3. The normalized spacial score (nSPS) is 11.6. The molecule has 0 aliphatic rings. The molecule has 0 atom stereocenters. The SMILES string of the molecule is CC(C)Cc1cc(-c2[c-]cccc2)ncc1[Si](C)(C)C.CC(C)Cc1ccc2c(-c3nc4ccccc4n3-c3cccc4ccccc34)[c-]oc2c1.[Ir]. The van der Waals surface area contributed by atoms with Crippen LogP contribution in [0.3, 0.4) is 0 Å². The zero-order valence-electron chi connectivity index (χ0n) is 31.7. The number of imidazole rings is 1. The molecule has 53 heavy (non-hydrogen) atoms. The van der Waals surface area contributed by atoms with Gasteiger partial charge in [0.15, 0.2) is 0 Å². The summed E-state index contributed by atoms with van der Waals surface area (Å²) in [6.45, 7) is 16.2. The number of rotatable bonds is 8. The van der Waals surface area contributed by atoms with Gasteiger partial charge in [0, 0.05) is 49.2 Å². The van der Waals surface area contributed by atoms with Crippen LogP contribution in [0.1, 0.15) is 38.8 Å². The number of furan rings is 1. The van der Waals surface area contributed by atoms with Gasteiger partial charge in [-0.15, -0.1) is 42.0 Å². The van der Waals surface area contributed by atoms with Crippen LogP contribution in [0.4, 0.5) is 0 Å². The van der Waals surface area contributed by atoms with Crippen molar-refractivity contribution < 1.29 is 24.5 Å². The molecule has 0 bridgehead atoms. The zero-order valence-corrected chi connectivity index (χ0v) is 35.1. The van der Waals surface area contributed by atoms with E-state index < -0.39 is 8.07 Å². The molecule has 8 rings (SSSR count). The van der Waals surface area contributed by atoms with E-state index in [-0.39, 0.29) is 20.1 Å². The summed E-state index contributed by atoms with van der Waals surface area (Å²) in [5, 5.41) is 4.92. The number of para-hydroxylation sites is 2. The van der Waals surface area contributed by atoms with E-state index in [1.807, 2.05) is 24.3 Å². The van der Waals surface area contributed by atoms with Crippen LogP contribution in [-0.2, 0) is 32.9 Å². The molecule has 4 nitrogen and oxygen atoms in total. The molecule has 0 fully saturated rings. The predicted molar refractivity (Wildman–Crippen MR) is 221 cm³/mol. The molecule has 0 aliphatic heterocycles. The summed E-state index contributed by atoms with van der Waals surface area (Å²) in [6, 6.07) is 43.2. The molecule has 6 heteroatoms. The van der Waals surface area contributed by atoms with Crippen molar-refractivity contribution in [3.63, 3.8) is 0 Å². The van der Waals surface area contributed by atoms with Crippen molar-refractivity contribution >= 4 is 46.0 Å². The van der Waals surface area contributed by atoms with Crippen LogP contribution < -0.4 is 5.19 Å². The number of fused-ring (bicyclic) bond motifs is 3. The molecule has 0 saturated carbocycles. The second-order valence-electron chi connectivity index (χ2n) is 15.6. The van der Waals surface area contributed by atoms with E-state index in [0.29, 0.717) is 11.8 Å². The van der Waals surface area contributed by atoms with Crippen LogP contribution >= 0.6 is 0 Å². The fraction of sp³-hybridized carbons (Fsp3) is 0.234. The van der Waals surface area contributed by atoms with E-state index in [4.69, 9.17) is 9.40 Å². The first-order valence-electron chi connectivity index (χ1n) is 18.4. The number of benzene rings is 5. The largest absolute Gasteiger partial charge is 0.557 e. The average Bonchev–Trinajstić information content (AvgIpc) is 3.72. The van der Waals surface area contributed by atoms with Crippen molar-refractivity contribution in [3.05, 3.63) is 145 Å². The van der Waals surface area contributed by atoms with Gasteiger partial charge in [-0.05, 0) is 59.1 Å². The first kappa shape index (κ1) is 38.1. The van der Waals surface area contributed by atoms with E-state index >= 15 is 0 Å². The number of nitrogens with zero attached hydrogens (tertiary/aromatic N) is 3. The smallest absolute Gasteiger partial charge is 0.0798 e. The summed E-state index contributed by atoms with van der Waals surface area (Å²) in [7, 11) is -1.34.